The third kappa shape index (κ3) is 4.61. The van der Waals surface area contributed by atoms with Crippen molar-refractivity contribution in [2.45, 2.75) is 25.7 Å². The van der Waals surface area contributed by atoms with Crippen molar-refractivity contribution in [3.63, 3.8) is 0 Å². The van der Waals surface area contributed by atoms with Gasteiger partial charge >= 0.3 is 11.9 Å². The highest BCUT2D eigenvalue weighted by Gasteiger charge is 2.32. The van der Waals surface area contributed by atoms with Crippen molar-refractivity contribution in [1.29, 1.82) is 0 Å². The van der Waals surface area contributed by atoms with Crippen LogP contribution in [-0.4, -0.2) is 36.0 Å². The molecule has 0 aromatic carbocycles. The number of nitrogens with one attached hydrogen (secondary N) is 1. The van der Waals surface area contributed by atoms with E-state index in [0.717, 1.165) is 28.3 Å². The van der Waals surface area contributed by atoms with Crippen LogP contribution < -0.4 is 5.32 Å². The Labute approximate surface area is 184 Å². The minimum absolute atomic E-state index is 0.163. The normalized spacial score (nSPS) is 13.1. The Morgan fingerprint density at radius 2 is 1.97 bits per heavy atom. The quantitative estimate of drug-likeness (QED) is 0.484. The van der Waals surface area contributed by atoms with E-state index in [1.807, 2.05) is 22.9 Å². The Morgan fingerprint density at radius 1 is 1.13 bits per heavy atom. The highest BCUT2D eigenvalue weighted by molar-refractivity contribution is 7.20. The first-order valence-electron chi connectivity index (χ1n) is 9.31. The molecule has 1 N–H and O–H groups in total. The van der Waals surface area contributed by atoms with Gasteiger partial charge in [-0.1, -0.05) is 6.07 Å². The second-order valence-electron chi connectivity index (χ2n) is 6.53. The number of ether oxygens (including phenoxy) is 2. The molecule has 3 aromatic heterocycles. The minimum atomic E-state index is -0.667. The molecule has 1 aliphatic carbocycles. The standard InChI is InChI=1S/C20H18N2O5S3/c1-2-26-20(25)16-12(11-5-6-11)9-29-18(16)22-15(23)8-27-19(24)13-10-30-17(21-13)14-4-3-7-28-14/h3-4,7,9-11H,2,5-6,8H2,1H3,(H,22,23). The zero-order valence-corrected chi connectivity index (χ0v) is 18.5. The first-order chi connectivity index (χ1) is 14.6. The zero-order valence-electron chi connectivity index (χ0n) is 16.0. The lowest BCUT2D eigenvalue weighted by Gasteiger charge is -2.08. The van der Waals surface area contributed by atoms with Gasteiger partial charge in [0.1, 0.15) is 10.0 Å². The maximum atomic E-state index is 12.4. The van der Waals surface area contributed by atoms with Gasteiger partial charge in [-0.15, -0.1) is 34.0 Å². The highest BCUT2D eigenvalue weighted by atomic mass is 32.1. The van der Waals surface area contributed by atoms with Gasteiger partial charge in [0.15, 0.2) is 12.3 Å². The van der Waals surface area contributed by atoms with Crippen molar-refractivity contribution in [2.24, 2.45) is 0 Å². The van der Waals surface area contributed by atoms with Crippen molar-refractivity contribution >= 4 is 56.9 Å². The van der Waals surface area contributed by atoms with Gasteiger partial charge in [0.2, 0.25) is 0 Å². The van der Waals surface area contributed by atoms with Crippen LogP contribution in [0.3, 0.4) is 0 Å². The van der Waals surface area contributed by atoms with Crippen LogP contribution in [0.4, 0.5) is 5.00 Å². The molecule has 7 nitrogen and oxygen atoms in total. The Bertz CT molecular complexity index is 1070. The molecule has 0 saturated heterocycles. The molecule has 1 aliphatic rings. The second-order valence-corrected chi connectivity index (χ2v) is 9.21. The van der Waals surface area contributed by atoms with Gasteiger partial charge in [0.25, 0.3) is 5.91 Å². The zero-order chi connectivity index (χ0) is 21.1. The summed E-state index contributed by atoms with van der Waals surface area (Å²) in [7, 11) is 0. The molecule has 3 aromatic rings. The van der Waals surface area contributed by atoms with Crippen LogP contribution in [0.5, 0.6) is 0 Å². The van der Waals surface area contributed by atoms with Gasteiger partial charge in [0, 0.05) is 5.38 Å². The fourth-order valence-electron chi connectivity index (χ4n) is 2.82. The predicted molar refractivity (Wildman–Crippen MR) is 117 cm³/mol. The molecule has 0 atom stereocenters. The van der Waals surface area contributed by atoms with Gasteiger partial charge in [0.05, 0.1) is 17.0 Å². The fraction of sp³-hybridized carbons (Fsp3) is 0.300. The van der Waals surface area contributed by atoms with Crippen molar-refractivity contribution in [3.05, 3.63) is 45.1 Å². The van der Waals surface area contributed by atoms with Gasteiger partial charge in [-0.25, -0.2) is 14.6 Å². The first kappa shape index (κ1) is 20.7. The van der Waals surface area contributed by atoms with Crippen LogP contribution in [0.2, 0.25) is 0 Å². The Hall–Kier alpha value is -2.56. The summed E-state index contributed by atoms with van der Waals surface area (Å²) in [6.45, 7) is 1.52. The molecule has 0 radical (unpaired) electrons. The largest absolute Gasteiger partial charge is 0.462 e. The molecule has 0 bridgehead atoms. The van der Waals surface area contributed by atoms with Gasteiger partial charge in [-0.3, -0.25) is 4.79 Å². The predicted octanol–water partition coefficient (Wildman–Crippen LogP) is 4.78. The molecular weight excluding hydrogens is 444 g/mol. The molecule has 10 heteroatoms. The maximum absolute atomic E-state index is 12.4. The molecule has 30 heavy (non-hydrogen) atoms. The van der Waals surface area contributed by atoms with Crippen LogP contribution in [0, 0.1) is 0 Å². The summed E-state index contributed by atoms with van der Waals surface area (Å²) in [6.07, 6.45) is 2.05. The average molecular weight is 463 g/mol. The lowest BCUT2D eigenvalue weighted by atomic mass is 10.1. The fourth-order valence-corrected chi connectivity index (χ4v) is 5.47. The number of carbonyl (C=O) groups excluding carboxylic acids is 3. The summed E-state index contributed by atoms with van der Waals surface area (Å²) in [5.74, 6) is -1.30. The van der Waals surface area contributed by atoms with Crippen LogP contribution in [-0.2, 0) is 14.3 Å². The number of nitrogens with zero attached hydrogens (tertiary/aromatic N) is 1. The molecule has 156 valence electrons. The van der Waals surface area contributed by atoms with Gasteiger partial charge < -0.3 is 14.8 Å². The number of thiazole rings is 1. The number of thiophene rings is 2. The van der Waals surface area contributed by atoms with Crippen LogP contribution in [0.1, 0.15) is 52.1 Å². The Balaban J connectivity index is 1.37. The Kier molecular flexibility index (Phi) is 6.26. The van der Waals surface area contributed by atoms with E-state index in [0.29, 0.717) is 16.5 Å². The number of anilines is 1. The van der Waals surface area contributed by atoms with Crippen molar-refractivity contribution in [1.82, 2.24) is 4.98 Å². The third-order valence-corrected chi connectivity index (χ3v) is 7.14. The van der Waals surface area contributed by atoms with Crippen molar-refractivity contribution < 1.29 is 23.9 Å². The van der Waals surface area contributed by atoms with E-state index >= 15 is 0 Å². The van der Waals surface area contributed by atoms with E-state index in [2.05, 4.69) is 10.3 Å². The number of carbonyl (C=O) groups is 3. The van der Waals surface area contributed by atoms with Crippen LogP contribution in [0.15, 0.2) is 28.3 Å². The van der Waals surface area contributed by atoms with Gasteiger partial charge in [-0.2, -0.15) is 0 Å². The SMILES string of the molecule is CCOC(=O)c1c(C2CC2)csc1NC(=O)COC(=O)c1csc(-c2cccs2)n1. The van der Waals surface area contributed by atoms with Gasteiger partial charge in [-0.05, 0) is 48.1 Å². The lowest BCUT2D eigenvalue weighted by Crippen LogP contribution is -2.22. The number of hydrogen-bond acceptors (Lipinski definition) is 9. The summed E-state index contributed by atoms with van der Waals surface area (Å²) in [6, 6.07) is 3.83. The van der Waals surface area contributed by atoms with Crippen molar-refractivity contribution in [2.75, 3.05) is 18.5 Å². The topological polar surface area (TPSA) is 94.6 Å². The van der Waals surface area contributed by atoms with E-state index in [-0.39, 0.29) is 12.3 Å². The molecular formula is C20H18N2O5S3. The van der Waals surface area contributed by atoms with E-state index < -0.39 is 24.5 Å². The molecule has 0 spiro atoms. The maximum Gasteiger partial charge on any atom is 0.358 e. The van der Waals surface area contributed by atoms with E-state index in [4.69, 9.17) is 9.47 Å². The molecule has 1 amide bonds. The monoisotopic (exact) mass is 462 g/mol. The third-order valence-electron chi connectivity index (χ3n) is 4.35. The summed E-state index contributed by atoms with van der Waals surface area (Å²) in [5.41, 5.74) is 1.48. The van der Waals surface area contributed by atoms with Crippen LogP contribution in [0.25, 0.3) is 9.88 Å². The van der Waals surface area contributed by atoms with E-state index in [1.165, 1.54) is 34.0 Å². The molecule has 1 saturated carbocycles. The van der Waals surface area contributed by atoms with E-state index in [9.17, 15) is 14.4 Å². The number of amides is 1. The second kappa shape index (κ2) is 9.07. The number of aromatic nitrogens is 1. The van der Waals surface area contributed by atoms with Crippen LogP contribution >= 0.6 is 34.0 Å². The molecule has 3 heterocycles. The summed E-state index contributed by atoms with van der Waals surface area (Å²) < 4.78 is 10.2. The summed E-state index contributed by atoms with van der Waals surface area (Å²) in [4.78, 5) is 42.1. The highest BCUT2D eigenvalue weighted by Crippen LogP contribution is 2.46. The Morgan fingerprint density at radius 3 is 2.67 bits per heavy atom. The average Bonchev–Trinajstić information content (AvgIpc) is 3.15. The first-order valence-corrected chi connectivity index (χ1v) is 12.0. The smallest absolute Gasteiger partial charge is 0.358 e. The minimum Gasteiger partial charge on any atom is -0.462 e. The number of esters is 2. The molecule has 0 aliphatic heterocycles. The molecule has 4 rings (SSSR count). The number of hydrogen-bond donors (Lipinski definition) is 1. The summed E-state index contributed by atoms with van der Waals surface area (Å²) in [5, 5.41) is 9.24. The van der Waals surface area contributed by atoms with Crippen molar-refractivity contribution in [3.8, 4) is 9.88 Å². The lowest BCUT2D eigenvalue weighted by molar-refractivity contribution is -0.119. The summed E-state index contributed by atoms with van der Waals surface area (Å²) >= 11 is 4.15. The van der Waals surface area contributed by atoms with E-state index in [1.54, 1.807) is 12.3 Å². The molecule has 1 fully saturated rings. The number of rotatable bonds is 8. The molecule has 0 unspecified atom stereocenters.